The highest BCUT2D eigenvalue weighted by atomic mass is 16.5. The van der Waals surface area contributed by atoms with Crippen LogP contribution < -0.4 is 10.6 Å². The SMILES string of the molecule is O=C1NC(C2CCOCC2)CN1CC1COCCN1. The minimum Gasteiger partial charge on any atom is -0.381 e. The summed E-state index contributed by atoms with van der Waals surface area (Å²) in [6.07, 6.45) is 2.12. The zero-order valence-corrected chi connectivity index (χ0v) is 11.3. The Bertz CT molecular complexity index is 314. The molecular weight excluding hydrogens is 246 g/mol. The highest BCUT2D eigenvalue weighted by molar-refractivity contribution is 5.77. The maximum atomic E-state index is 12.0. The summed E-state index contributed by atoms with van der Waals surface area (Å²) in [5.41, 5.74) is 0. The first-order valence-electron chi connectivity index (χ1n) is 7.27. The number of nitrogens with zero attached hydrogens (tertiary/aromatic N) is 1. The summed E-state index contributed by atoms with van der Waals surface area (Å²) >= 11 is 0. The summed E-state index contributed by atoms with van der Waals surface area (Å²) in [5, 5.41) is 6.52. The molecule has 2 atom stereocenters. The lowest BCUT2D eigenvalue weighted by Crippen LogP contribution is -2.49. The third-order valence-electron chi connectivity index (χ3n) is 4.29. The molecule has 2 N–H and O–H groups in total. The van der Waals surface area contributed by atoms with Gasteiger partial charge in [0, 0.05) is 38.9 Å². The number of urea groups is 1. The lowest BCUT2D eigenvalue weighted by Gasteiger charge is -2.29. The number of morpholine rings is 1. The molecule has 3 aliphatic rings. The molecule has 0 bridgehead atoms. The van der Waals surface area contributed by atoms with Crippen molar-refractivity contribution in [3.63, 3.8) is 0 Å². The molecule has 2 unspecified atom stereocenters. The standard InChI is InChI=1S/C13H23N3O3/c17-13-15-12(10-1-4-18-5-2-10)8-16(13)7-11-9-19-6-3-14-11/h10-12,14H,1-9H2,(H,15,17). The molecule has 3 rings (SSSR count). The third kappa shape index (κ3) is 3.19. The molecule has 0 aliphatic carbocycles. The molecule has 3 fully saturated rings. The first-order chi connectivity index (χ1) is 9.33. The molecule has 0 spiro atoms. The molecule has 0 radical (unpaired) electrons. The van der Waals surface area contributed by atoms with Gasteiger partial charge in [-0.1, -0.05) is 0 Å². The van der Waals surface area contributed by atoms with E-state index >= 15 is 0 Å². The van der Waals surface area contributed by atoms with Gasteiger partial charge in [0.05, 0.1) is 19.3 Å². The van der Waals surface area contributed by atoms with Gasteiger partial charge >= 0.3 is 6.03 Å². The molecule has 0 aromatic carbocycles. The Labute approximate surface area is 113 Å². The Hall–Kier alpha value is -0.850. The molecule has 0 aromatic heterocycles. The van der Waals surface area contributed by atoms with E-state index in [-0.39, 0.29) is 12.1 Å². The van der Waals surface area contributed by atoms with E-state index in [0.29, 0.717) is 18.6 Å². The number of carbonyl (C=O) groups is 1. The second kappa shape index (κ2) is 6.07. The summed E-state index contributed by atoms with van der Waals surface area (Å²) in [5.74, 6) is 0.568. The van der Waals surface area contributed by atoms with Crippen molar-refractivity contribution < 1.29 is 14.3 Å². The molecule has 0 saturated carbocycles. The highest BCUT2D eigenvalue weighted by Crippen LogP contribution is 2.22. The first kappa shape index (κ1) is 13.1. The monoisotopic (exact) mass is 269 g/mol. The zero-order chi connectivity index (χ0) is 13.1. The van der Waals surface area contributed by atoms with E-state index in [9.17, 15) is 4.79 Å². The van der Waals surface area contributed by atoms with Crippen LogP contribution in [0.5, 0.6) is 0 Å². The van der Waals surface area contributed by atoms with E-state index in [0.717, 1.165) is 52.3 Å². The van der Waals surface area contributed by atoms with Crippen LogP contribution >= 0.6 is 0 Å². The summed E-state index contributed by atoms with van der Waals surface area (Å²) < 4.78 is 10.8. The largest absolute Gasteiger partial charge is 0.381 e. The second-order valence-electron chi connectivity index (χ2n) is 5.64. The van der Waals surface area contributed by atoms with Crippen LogP contribution in [0.2, 0.25) is 0 Å². The lowest BCUT2D eigenvalue weighted by atomic mass is 9.92. The van der Waals surface area contributed by atoms with Crippen LogP contribution in [0.1, 0.15) is 12.8 Å². The Balaban J connectivity index is 1.51. The van der Waals surface area contributed by atoms with Gasteiger partial charge in [0.25, 0.3) is 0 Å². The Morgan fingerprint density at radius 2 is 2.05 bits per heavy atom. The Morgan fingerprint density at radius 1 is 1.21 bits per heavy atom. The van der Waals surface area contributed by atoms with Crippen molar-refractivity contribution in [1.29, 1.82) is 0 Å². The lowest BCUT2D eigenvalue weighted by molar-refractivity contribution is 0.0544. The topological polar surface area (TPSA) is 62.8 Å². The molecular formula is C13H23N3O3. The summed E-state index contributed by atoms with van der Waals surface area (Å²) in [6, 6.07) is 0.637. The molecule has 19 heavy (non-hydrogen) atoms. The minimum atomic E-state index is 0.0730. The van der Waals surface area contributed by atoms with E-state index in [4.69, 9.17) is 9.47 Å². The van der Waals surface area contributed by atoms with Crippen LogP contribution in [0, 0.1) is 5.92 Å². The van der Waals surface area contributed by atoms with E-state index in [2.05, 4.69) is 10.6 Å². The van der Waals surface area contributed by atoms with Gasteiger partial charge < -0.3 is 25.0 Å². The fourth-order valence-corrected chi connectivity index (χ4v) is 3.16. The van der Waals surface area contributed by atoms with Gasteiger partial charge in [-0.05, 0) is 18.8 Å². The number of rotatable bonds is 3. The predicted octanol–water partition coefficient (Wildman–Crippen LogP) is -0.205. The van der Waals surface area contributed by atoms with Crippen molar-refractivity contribution in [3.05, 3.63) is 0 Å². The fraction of sp³-hybridized carbons (Fsp3) is 0.923. The minimum absolute atomic E-state index is 0.0730. The number of ether oxygens (including phenoxy) is 2. The summed E-state index contributed by atoms with van der Waals surface area (Å²) in [4.78, 5) is 13.9. The van der Waals surface area contributed by atoms with Crippen LogP contribution in [-0.4, -0.2) is 69.1 Å². The first-order valence-corrected chi connectivity index (χ1v) is 7.27. The number of carbonyl (C=O) groups excluding carboxylic acids is 1. The highest BCUT2D eigenvalue weighted by Gasteiger charge is 2.35. The van der Waals surface area contributed by atoms with Gasteiger partial charge in [0.1, 0.15) is 0 Å². The molecule has 0 aromatic rings. The van der Waals surface area contributed by atoms with Crippen LogP contribution in [0.4, 0.5) is 4.79 Å². The average Bonchev–Trinajstić information content (AvgIpc) is 2.82. The molecule has 3 saturated heterocycles. The van der Waals surface area contributed by atoms with Crippen molar-refractivity contribution in [1.82, 2.24) is 15.5 Å². The van der Waals surface area contributed by atoms with E-state index < -0.39 is 0 Å². The summed E-state index contributed by atoms with van der Waals surface area (Å²) in [7, 11) is 0. The maximum absolute atomic E-state index is 12.0. The Kier molecular flexibility index (Phi) is 4.20. The van der Waals surface area contributed by atoms with Crippen molar-refractivity contribution in [3.8, 4) is 0 Å². The average molecular weight is 269 g/mol. The molecule has 2 amide bonds. The number of hydrogen-bond acceptors (Lipinski definition) is 4. The number of nitrogens with one attached hydrogen (secondary N) is 2. The summed E-state index contributed by atoms with van der Waals surface area (Å²) in [6.45, 7) is 5.57. The van der Waals surface area contributed by atoms with Crippen molar-refractivity contribution >= 4 is 6.03 Å². The van der Waals surface area contributed by atoms with E-state index in [1.54, 1.807) is 0 Å². The second-order valence-corrected chi connectivity index (χ2v) is 5.64. The molecule has 6 nitrogen and oxygen atoms in total. The van der Waals surface area contributed by atoms with Gasteiger partial charge in [-0.3, -0.25) is 0 Å². The number of hydrogen-bond donors (Lipinski definition) is 2. The number of amides is 2. The normalized spacial score (nSPS) is 33.5. The van der Waals surface area contributed by atoms with Gasteiger partial charge in [-0.25, -0.2) is 4.79 Å². The fourth-order valence-electron chi connectivity index (χ4n) is 3.16. The van der Waals surface area contributed by atoms with Crippen LogP contribution in [-0.2, 0) is 9.47 Å². The van der Waals surface area contributed by atoms with Crippen LogP contribution in [0.25, 0.3) is 0 Å². The maximum Gasteiger partial charge on any atom is 0.317 e. The molecule has 3 heterocycles. The zero-order valence-electron chi connectivity index (χ0n) is 11.3. The predicted molar refractivity (Wildman–Crippen MR) is 70.0 cm³/mol. The van der Waals surface area contributed by atoms with Crippen molar-refractivity contribution in [2.45, 2.75) is 24.9 Å². The van der Waals surface area contributed by atoms with Gasteiger partial charge in [-0.15, -0.1) is 0 Å². The van der Waals surface area contributed by atoms with Crippen LogP contribution in [0.15, 0.2) is 0 Å². The van der Waals surface area contributed by atoms with Crippen molar-refractivity contribution in [2.75, 3.05) is 46.1 Å². The Morgan fingerprint density at radius 3 is 2.79 bits per heavy atom. The molecule has 3 aliphatic heterocycles. The van der Waals surface area contributed by atoms with E-state index in [1.165, 1.54) is 0 Å². The van der Waals surface area contributed by atoms with Crippen LogP contribution in [0.3, 0.4) is 0 Å². The molecule has 6 heteroatoms. The van der Waals surface area contributed by atoms with Gasteiger partial charge in [0.15, 0.2) is 0 Å². The van der Waals surface area contributed by atoms with Gasteiger partial charge in [0.2, 0.25) is 0 Å². The third-order valence-corrected chi connectivity index (χ3v) is 4.29. The van der Waals surface area contributed by atoms with E-state index in [1.807, 2.05) is 4.90 Å². The smallest absolute Gasteiger partial charge is 0.317 e. The quantitative estimate of drug-likeness (QED) is 0.744. The van der Waals surface area contributed by atoms with Crippen molar-refractivity contribution in [2.24, 2.45) is 5.92 Å². The van der Waals surface area contributed by atoms with Gasteiger partial charge in [-0.2, -0.15) is 0 Å². The molecule has 108 valence electrons.